The quantitative estimate of drug-likeness (QED) is 0.315. The van der Waals surface area contributed by atoms with Gasteiger partial charge in [0, 0.05) is 10.8 Å². The molecule has 0 fully saturated rings. The number of rotatable bonds is 0. The van der Waals surface area contributed by atoms with Gasteiger partial charge >= 0.3 is 0 Å². The van der Waals surface area contributed by atoms with Crippen LogP contribution in [0.15, 0.2) is 66.7 Å². The second kappa shape index (κ2) is 4.11. The van der Waals surface area contributed by atoms with Crippen LogP contribution in [0.3, 0.4) is 0 Å². The zero-order valence-electron chi connectivity index (χ0n) is 12.2. The smallest absolute Gasteiger partial charge is 0.146 e. The first-order chi connectivity index (χ1) is 10.8. The van der Waals surface area contributed by atoms with Gasteiger partial charge in [-0.05, 0) is 23.6 Å². The molecule has 2 aromatic heterocycles. The van der Waals surface area contributed by atoms with Crippen LogP contribution in [-0.2, 0) is 0 Å². The molecule has 0 aliphatic carbocycles. The van der Waals surface area contributed by atoms with Crippen molar-refractivity contribution in [2.45, 2.75) is 0 Å². The number of para-hydroxylation sites is 3. The van der Waals surface area contributed by atoms with Gasteiger partial charge in [-0.1, -0.05) is 54.0 Å². The van der Waals surface area contributed by atoms with Gasteiger partial charge in [0.15, 0.2) is 0 Å². The number of hydrogen-bond donors (Lipinski definition) is 0. The lowest BCUT2D eigenvalue weighted by atomic mass is 9.92. The van der Waals surface area contributed by atoms with Crippen LogP contribution in [0.4, 0.5) is 0 Å². The van der Waals surface area contributed by atoms with Crippen molar-refractivity contribution < 1.29 is 0 Å². The molecular formula is C19H13BN2. The molecule has 0 bridgehead atoms. The van der Waals surface area contributed by atoms with Crippen LogP contribution < -0.4 is 5.46 Å². The first-order valence-electron chi connectivity index (χ1n) is 7.51. The highest BCUT2D eigenvalue weighted by Crippen LogP contribution is 2.31. The highest BCUT2D eigenvalue weighted by Gasteiger charge is 2.12. The summed E-state index contributed by atoms with van der Waals surface area (Å²) in [6, 6.07) is 23.5. The van der Waals surface area contributed by atoms with Crippen molar-refractivity contribution in [3.8, 4) is 0 Å². The molecule has 3 heteroatoms. The van der Waals surface area contributed by atoms with Crippen LogP contribution >= 0.6 is 0 Å². The highest BCUT2D eigenvalue weighted by molar-refractivity contribution is 6.34. The van der Waals surface area contributed by atoms with Crippen molar-refractivity contribution in [2.75, 3.05) is 0 Å². The van der Waals surface area contributed by atoms with Gasteiger partial charge in [0.25, 0.3) is 0 Å². The zero-order chi connectivity index (χ0) is 14.7. The summed E-state index contributed by atoms with van der Waals surface area (Å²) in [5.74, 6) is 0. The van der Waals surface area contributed by atoms with Gasteiger partial charge in [-0.2, -0.15) is 0 Å². The molecular weight excluding hydrogens is 267 g/mol. The SMILES string of the molecule is Bc1ccc2c(c1)c1ccccc1n1c3ccccc3nc21. The molecule has 5 aromatic rings. The summed E-state index contributed by atoms with van der Waals surface area (Å²) < 4.78 is 2.28. The van der Waals surface area contributed by atoms with Gasteiger partial charge in [0.05, 0.1) is 16.6 Å². The van der Waals surface area contributed by atoms with Gasteiger partial charge in [0.2, 0.25) is 0 Å². The van der Waals surface area contributed by atoms with Crippen molar-refractivity contribution in [2.24, 2.45) is 0 Å². The van der Waals surface area contributed by atoms with E-state index in [0.29, 0.717) is 0 Å². The summed E-state index contributed by atoms with van der Waals surface area (Å²) in [4.78, 5) is 4.89. The number of nitrogens with zero attached hydrogens (tertiary/aromatic N) is 2. The lowest BCUT2D eigenvalue weighted by Crippen LogP contribution is -2.01. The Kier molecular flexibility index (Phi) is 2.20. The Bertz CT molecular complexity index is 1190. The first-order valence-corrected chi connectivity index (χ1v) is 7.51. The molecule has 2 nitrogen and oxygen atoms in total. The molecule has 5 rings (SSSR count). The molecule has 0 radical (unpaired) electrons. The van der Waals surface area contributed by atoms with E-state index in [1.165, 1.54) is 27.1 Å². The first kappa shape index (κ1) is 11.8. The van der Waals surface area contributed by atoms with Crippen molar-refractivity contribution in [1.29, 1.82) is 0 Å². The third-order valence-corrected chi connectivity index (χ3v) is 4.41. The summed E-state index contributed by atoms with van der Waals surface area (Å²) in [6.45, 7) is 0. The fourth-order valence-electron chi connectivity index (χ4n) is 3.42. The average molecular weight is 280 g/mol. The normalized spacial score (nSPS) is 11.8. The Balaban J connectivity index is 2.22. The predicted molar refractivity (Wildman–Crippen MR) is 95.9 cm³/mol. The minimum Gasteiger partial charge on any atom is -0.292 e. The summed E-state index contributed by atoms with van der Waals surface area (Å²) in [5.41, 5.74) is 5.73. The molecule has 0 saturated carbocycles. The van der Waals surface area contributed by atoms with E-state index in [-0.39, 0.29) is 0 Å². The van der Waals surface area contributed by atoms with E-state index >= 15 is 0 Å². The van der Waals surface area contributed by atoms with Crippen molar-refractivity contribution in [1.82, 2.24) is 9.38 Å². The Morgan fingerprint density at radius 1 is 0.727 bits per heavy atom. The molecule has 0 aliphatic rings. The van der Waals surface area contributed by atoms with E-state index in [1.807, 2.05) is 6.07 Å². The monoisotopic (exact) mass is 280 g/mol. The van der Waals surface area contributed by atoms with E-state index in [4.69, 9.17) is 4.98 Å². The fraction of sp³-hybridized carbons (Fsp3) is 0. The Hall–Kier alpha value is -2.81. The van der Waals surface area contributed by atoms with Gasteiger partial charge in [0.1, 0.15) is 13.5 Å². The van der Waals surface area contributed by atoms with Gasteiger partial charge < -0.3 is 0 Å². The topological polar surface area (TPSA) is 17.3 Å². The van der Waals surface area contributed by atoms with Crippen LogP contribution in [0, 0.1) is 0 Å². The van der Waals surface area contributed by atoms with Crippen LogP contribution in [0.25, 0.3) is 38.4 Å². The standard InChI is InChI=1S/C19H13BN2/c20-12-9-10-14-15(11-12)13-5-1-3-7-17(13)22-18-8-4-2-6-16(18)21-19(14)22/h1-11H,20H2. The third kappa shape index (κ3) is 1.43. The van der Waals surface area contributed by atoms with E-state index in [9.17, 15) is 0 Å². The number of aromatic nitrogens is 2. The number of benzene rings is 3. The zero-order valence-corrected chi connectivity index (χ0v) is 12.2. The lowest BCUT2D eigenvalue weighted by molar-refractivity contribution is 1.32. The summed E-state index contributed by atoms with van der Waals surface area (Å²) in [5, 5.41) is 3.76. The largest absolute Gasteiger partial charge is 0.292 e. The molecule has 0 amide bonds. The minimum absolute atomic E-state index is 1.04. The van der Waals surface area contributed by atoms with Gasteiger partial charge in [-0.3, -0.25) is 4.40 Å². The van der Waals surface area contributed by atoms with E-state index < -0.39 is 0 Å². The summed E-state index contributed by atoms with van der Waals surface area (Å²) >= 11 is 0. The van der Waals surface area contributed by atoms with E-state index in [0.717, 1.165) is 16.7 Å². The summed E-state index contributed by atoms with van der Waals surface area (Å²) in [7, 11) is 2.14. The van der Waals surface area contributed by atoms with Gasteiger partial charge in [-0.25, -0.2) is 4.98 Å². The van der Waals surface area contributed by atoms with E-state index in [2.05, 4.69) is 72.9 Å². The molecule has 0 atom stereocenters. The molecule has 0 saturated heterocycles. The molecule has 3 aromatic carbocycles. The number of imidazole rings is 1. The van der Waals surface area contributed by atoms with E-state index in [1.54, 1.807) is 0 Å². The molecule has 0 aliphatic heterocycles. The summed E-state index contributed by atoms with van der Waals surface area (Å²) in [6.07, 6.45) is 0. The van der Waals surface area contributed by atoms with Crippen LogP contribution in [-0.4, -0.2) is 17.2 Å². The van der Waals surface area contributed by atoms with Crippen molar-refractivity contribution in [3.63, 3.8) is 0 Å². The second-order valence-corrected chi connectivity index (χ2v) is 5.83. The number of pyridine rings is 1. The van der Waals surface area contributed by atoms with Crippen molar-refractivity contribution >= 4 is 51.7 Å². The molecule has 0 N–H and O–H groups in total. The lowest BCUT2D eigenvalue weighted by Gasteiger charge is -2.09. The maximum absolute atomic E-state index is 4.89. The minimum atomic E-state index is 1.04. The highest BCUT2D eigenvalue weighted by atomic mass is 15.0. The number of fused-ring (bicyclic) bond motifs is 8. The molecule has 102 valence electrons. The van der Waals surface area contributed by atoms with Crippen LogP contribution in [0.2, 0.25) is 0 Å². The molecule has 0 spiro atoms. The maximum atomic E-state index is 4.89. The van der Waals surface area contributed by atoms with Crippen LogP contribution in [0.1, 0.15) is 0 Å². The Labute approximate surface area is 128 Å². The van der Waals surface area contributed by atoms with Gasteiger partial charge in [-0.15, -0.1) is 0 Å². The number of hydrogen-bond acceptors (Lipinski definition) is 1. The van der Waals surface area contributed by atoms with Crippen molar-refractivity contribution in [3.05, 3.63) is 66.7 Å². The second-order valence-electron chi connectivity index (χ2n) is 5.83. The average Bonchev–Trinajstić information content (AvgIpc) is 2.94. The molecule has 0 unspecified atom stereocenters. The predicted octanol–water partition coefficient (Wildman–Crippen LogP) is 3.05. The Morgan fingerprint density at radius 2 is 1.50 bits per heavy atom. The fourth-order valence-corrected chi connectivity index (χ4v) is 3.42. The molecule has 2 heterocycles. The van der Waals surface area contributed by atoms with Crippen LogP contribution in [0.5, 0.6) is 0 Å². The molecule has 22 heavy (non-hydrogen) atoms. The maximum Gasteiger partial charge on any atom is 0.146 e. The Morgan fingerprint density at radius 3 is 2.41 bits per heavy atom. The third-order valence-electron chi connectivity index (χ3n) is 4.41.